The van der Waals surface area contributed by atoms with E-state index in [9.17, 15) is 4.79 Å². The molecule has 0 aromatic carbocycles. The van der Waals surface area contributed by atoms with Crippen LogP contribution in [0.5, 0.6) is 0 Å². The summed E-state index contributed by atoms with van der Waals surface area (Å²) in [5.74, 6) is 0.174. The van der Waals surface area contributed by atoms with Crippen molar-refractivity contribution in [2.75, 3.05) is 6.54 Å². The molecule has 2 aliphatic heterocycles. The summed E-state index contributed by atoms with van der Waals surface area (Å²) in [5, 5.41) is 5.90. The van der Waals surface area contributed by atoms with Crippen LogP contribution in [0.3, 0.4) is 0 Å². The number of hydrogen-bond acceptors (Lipinski definition) is 2. The highest BCUT2D eigenvalue weighted by atomic mass is 16.2. The molecule has 2 atom stereocenters. The Morgan fingerprint density at radius 1 is 1.62 bits per heavy atom. The van der Waals surface area contributed by atoms with Gasteiger partial charge in [0.05, 0.1) is 6.04 Å². The van der Waals surface area contributed by atoms with Gasteiger partial charge in [-0.2, -0.15) is 0 Å². The second-order valence-corrected chi connectivity index (χ2v) is 2.34. The molecule has 2 N–H and O–H groups in total. The van der Waals surface area contributed by atoms with Gasteiger partial charge in [-0.3, -0.25) is 4.79 Å². The van der Waals surface area contributed by atoms with Gasteiger partial charge in [-0.05, 0) is 13.0 Å². The molecule has 8 heavy (non-hydrogen) atoms. The number of rotatable bonds is 0. The monoisotopic (exact) mass is 112 g/mol. The fourth-order valence-corrected chi connectivity index (χ4v) is 1.31. The quantitative estimate of drug-likeness (QED) is 0.388. The maximum atomic E-state index is 10.5. The molecule has 2 fully saturated rings. The first-order valence-electron chi connectivity index (χ1n) is 2.92. The Morgan fingerprint density at radius 2 is 2.50 bits per heavy atom. The standard InChI is InChI=1S/C5H8N2O/c8-5-4-3(7-5)1-2-6-4/h3-4,6H,1-2H2,(H,7,8)/t3-,4+/m1/s1. The minimum Gasteiger partial charge on any atom is -0.350 e. The van der Waals surface area contributed by atoms with Crippen LogP contribution < -0.4 is 10.6 Å². The summed E-state index contributed by atoms with van der Waals surface area (Å²) in [4.78, 5) is 10.5. The lowest BCUT2D eigenvalue weighted by atomic mass is 10.0. The van der Waals surface area contributed by atoms with E-state index in [0.29, 0.717) is 6.04 Å². The number of carbonyl (C=O) groups is 1. The average Bonchev–Trinajstić information content (AvgIpc) is 2.09. The lowest BCUT2D eigenvalue weighted by Gasteiger charge is -2.29. The van der Waals surface area contributed by atoms with Crippen molar-refractivity contribution in [1.29, 1.82) is 0 Å². The summed E-state index contributed by atoms with van der Waals surface area (Å²) in [6.45, 7) is 0.994. The van der Waals surface area contributed by atoms with Crippen LogP contribution in [-0.2, 0) is 4.79 Å². The zero-order chi connectivity index (χ0) is 5.56. The van der Waals surface area contributed by atoms with Crippen molar-refractivity contribution in [3.05, 3.63) is 0 Å². The molecule has 2 saturated heterocycles. The van der Waals surface area contributed by atoms with Crippen LogP contribution in [-0.4, -0.2) is 24.5 Å². The van der Waals surface area contributed by atoms with Crippen molar-refractivity contribution in [2.45, 2.75) is 18.5 Å². The van der Waals surface area contributed by atoms with E-state index in [2.05, 4.69) is 10.6 Å². The summed E-state index contributed by atoms with van der Waals surface area (Å²) in [6.07, 6.45) is 1.11. The highest BCUT2D eigenvalue weighted by Gasteiger charge is 2.42. The van der Waals surface area contributed by atoms with Crippen molar-refractivity contribution in [3.8, 4) is 0 Å². The third-order valence-electron chi connectivity index (χ3n) is 1.83. The second-order valence-electron chi connectivity index (χ2n) is 2.34. The Labute approximate surface area is 47.4 Å². The molecule has 0 aromatic heterocycles. The van der Waals surface area contributed by atoms with Crippen molar-refractivity contribution in [3.63, 3.8) is 0 Å². The molecular formula is C5H8N2O. The molecule has 1 amide bonds. The van der Waals surface area contributed by atoms with Crippen LogP contribution in [0.15, 0.2) is 0 Å². The van der Waals surface area contributed by atoms with Crippen molar-refractivity contribution in [2.24, 2.45) is 0 Å². The van der Waals surface area contributed by atoms with E-state index >= 15 is 0 Å². The topological polar surface area (TPSA) is 41.1 Å². The molecule has 0 bridgehead atoms. The maximum Gasteiger partial charge on any atom is 0.239 e. The Balaban J connectivity index is 2.11. The SMILES string of the molecule is O=C1N[C@@H]2CCN[C@H]12. The van der Waals surface area contributed by atoms with E-state index < -0.39 is 0 Å². The van der Waals surface area contributed by atoms with Gasteiger partial charge < -0.3 is 10.6 Å². The van der Waals surface area contributed by atoms with Crippen LogP contribution in [0.1, 0.15) is 6.42 Å². The fraction of sp³-hybridized carbons (Fsp3) is 0.800. The van der Waals surface area contributed by atoms with Gasteiger partial charge in [0.1, 0.15) is 6.04 Å². The molecule has 2 heterocycles. The van der Waals surface area contributed by atoms with Crippen molar-refractivity contribution in [1.82, 2.24) is 10.6 Å². The zero-order valence-corrected chi connectivity index (χ0v) is 4.48. The van der Waals surface area contributed by atoms with Gasteiger partial charge in [0, 0.05) is 0 Å². The number of nitrogens with one attached hydrogen (secondary N) is 2. The Hall–Kier alpha value is -0.570. The summed E-state index contributed by atoms with van der Waals surface area (Å²) in [5.41, 5.74) is 0. The molecule has 0 aromatic rings. The van der Waals surface area contributed by atoms with E-state index in [0.717, 1.165) is 13.0 Å². The maximum absolute atomic E-state index is 10.5. The van der Waals surface area contributed by atoms with E-state index in [4.69, 9.17) is 0 Å². The van der Waals surface area contributed by atoms with Crippen LogP contribution >= 0.6 is 0 Å². The van der Waals surface area contributed by atoms with Crippen LogP contribution in [0.4, 0.5) is 0 Å². The lowest BCUT2D eigenvalue weighted by molar-refractivity contribution is -0.130. The minimum absolute atomic E-state index is 0.162. The van der Waals surface area contributed by atoms with Crippen LogP contribution in [0, 0.1) is 0 Å². The molecule has 0 aliphatic carbocycles. The number of carbonyl (C=O) groups excluding carboxylic acids is 1. The highest BCUT2D eigenvalue weighted by Crippen LogP contribution is 2.14. The first kappa shape index (κ1) is 4.32. The molecule has 2 rings (SSSR count). The largest absolute Gasteiger partial charge is 0.350 e. The van der Waals surface area contributed by atoms with Gasteiger partial charge in [-0.25, -0.2) is 0 Å². The van der Waals surface area contributed by atoms with Gasteiger partial charge in [0.15, 0.2) is 0 Å². The van der Waals surface area contributed by atoms with Gasteiger partial charge in [0.2, 0.25) is 5.91 Å². The van der Waals surface area contributed by atoms with Crippen LogP contribution in [0.25, 0.3) is 0 Å². The number of β-lactam (4-membered cyclic amide) rings is 1. The third-order valence-corrected chi connectivity index (χ3v) is 1.83. The molecule has 0 unspecified atom stereocenters. The molecule has 0 spiro atoms. The first-order valence-corrected chi connectivity index (χ1v) is 2.92. The molecule has 2 aliphatic rings. The average molecular weight is 112 g/mol. The number of hydrogen-bond donors (Lipinski definition) is 2. The van der Waals surface area contributed by atoms with E-state index in [1.165, 1.54) is 0 Å². The molecule has 3 heteroatoms. The number of fused-ring (bicyclic) bond motifs is 1. The number of amides is 1. The third kappa shape index (κ3) is 0.351. The Bertz CT molecular complexity index is 134. The first-order chi connectivity index (χ1) is 3.88. The second kappa shape index (κ2) is 1.23. The van der Waals surface area contributed by atoms with Gasteiger partial charge in [-0.15, -0.1) is 0 Å². The summed E-state index contributed by atoms with van der Waals surface area (Å²) >= 11 is 0. The van der Waals surface area contributed by atoms with E-state index in [-0.39, 0.29) is 11.9 Å². The van der Waals surface area contributed by atoms with Gasteiger partial charge in [0.25, 0.3) is 0 Å². The molecule has 44 valence electrons. The lowest BCUT2D eigenvalue weighted by Crippen LogP contribution is -2.63. The molecule has 3 nitrogen and oxygen atoms in total. The van der Waals surface area contributed by atoms with Crippen molar-refractivity contribution >= 4 is 5.91 Å². The molecular weight excluding hydrogens is 104 g/mol. The predicted molar refractivity (Wildman–Crippen MR) is 28.3 cm³/mol. The Morgan fingerprint density at radius 3 is 3.00 bits per heavy atom. The zero-order valence-electron chi connectivity index (χ0n) is 4.48. The molecule has 0 radical (unpaired) electrons. The summed E-state index contributed by atoms with van der Waals surface area (Å²) in [7, 11) is 0. The fourth-order valence-electron chi connectivity index (χ4n) is 1.31. The van der Waals surface area contributed by atoms with Crippen molar-refractivity contribution < 1.29 is 4.79 Å². The van der Waals surface area contributed by atoms with Crippen LogP contribution in [0.2, 0.25) is 0 Å². The smallest absolute Gasteiger partial charge is 0.239 e. The normalized spacial score (nSPS) is 42.8. The van der Waals surface area contributed by atoms with E-state index in [1.54, 1.807) is 0 Å². The molecule has 0 saturated carbocycles. The highest BCUT2D eigenvalue weighted by molar-refractivity contribution is 5.89. The van der Waals surface area contributed by atoms with Gasteiger partial charge >= 0.3 is 0 Å². The summed E-state index contributed by atoms with van der Waals surface area (Å²) < 4.78 is 0. The minimum atomic E-state index is 0.162. The summed E-state index contributed by atoms with van der Waals surface area (Å²) in [6, 6.07) is 0.623. The van der Waals surface area contributed by atoms with Gasteiger partial charge in [-0.1, -0.05) is 0 Å². The predicted octanol–water partition coefficient (Wildman–Crippen LogP) is -1.15. The Kier molecular flexibility index (Phi) is 0.663. The van der Waals surface area contributed by atoms with E-state index in [1.807, 2.05) is 0 Å².